The van der Waals surface area contributed by atoms with Crippen LogP contribution >= 0.6 is 24.8 Å². The summed E-state index contributed by atoms with van der Waals surface area (Å²) in [5, 5.41) is 0. The molecule has 3 aliphatic heterocycles. The summed E-state index contributed by atoms with van der Waals surface area (Å²) < 4.78 is 11.2. The minimum atomic E-state index is -0.183. The molecular formula is C19H36Cl2N4O4. The van der Waals surface area contributed by atoms with Crippen molar-refractivity contribution < 1.29 is 19.1 Å². The van der Waals surface area contributed by atoms with Crippen LogP contribution in [-0.4, -0.2) is 105 Å². The van der Waals surface area contributed by atoms with Crippen LogP contribution in [0.5, 0.6) is 0 Å². The summed E-state index contributed by atoms with van der Waals surface area (Å²) in [6.07, 6.45) is 3.21. The number of likely N-dealkylation sites (tertiary alicyclic amines) is 2. The minimum Gasteiger partial charge on any atom is -0.379 e. The Morgan fingerprint density at radius 2 is 1.79 bits per heavy atom. The topological polar surface area (TPSA) is 88.3 Å². The molecule has 0 aromatic rings. The molecule has 0 aliphatic carbocycles. The first-order valence-electron chi connectivity index (χ1n) is 10.4. The molecule has 2 N–H and O–H groups in total. The van der Waals surface area contributed by atoms with Gasteiger partial charge in [-0.1, -0.05) is 0 Å². The number of nitrogens with zero attached hydrogens (tertiary/aromatic N) is 3. The van der Waals surface area contributed by atoms with Crippen molar-refractivity contribution in [3.63, 3.8) is 0 Å². The second kappa shape index (κ2) is 13.6. The molecule has 3 fully saturated rings. The molecule has 1 atom stereocenters. The van der Waals surface area contributed by atoms with E-state index >= 15 is 0 Å². The molecule has 170 valence electrons. The molecule has 0 saturated carbocycles. The zero-order valence-corrected chi connectivity index (χ0v) is 18.8. The molecule has 0 spiro atoms. The van der Waals surface area contributed by atoms with Crippen LogP contribution in [0.2, 0.25) is 0 Å². The van der Waals surface area contributed by atoms with Crippen molar-refractivity contribution in [2.24, 2.45) is 11.7 Å². The maximum absolute atomic E-state index is 12.8. The predicted octanol–water partition coefficient (Wildman–Crippen LogP) is 0.367. The molecule has 1 unspecified atom stereocenters. The normalized spacial score (nSPS) is 23.6. The van der Waals surface area contributed by atoms with Gasteiger partial charge in [0.1, 0.15) is 0 Å². The van der Waals surface area contributed by atoms with Gasteiger partial charge >= 0.3 is 0 Å². The molecule has 2 amide bonds. The molecule has 8 nitrogen and oxygen atoms in total. The summed E-state index contributed by atoms with van der Waals surface area (Å²) in [6, 6.07) is 0. The Morgan fingerprint density at radius 3 is 2.45 bits per heavy atom. The summed E-state index contributed by atoms with van der Waals surface area (Å²) in [5.41, 5.74) is 5.49. The number of piperidine rings is 1. The van der Waals surface area contributed by atoms with E-state index in [1.807, 2.05) is 9.80 Å². The fourth-order valence-electron chi connectivity index (χ4n) is 4.07. The number of halogens is 2. The number of hydrogen-bond donors (Lipinski definition) is 1. The zero-order valence-electron chi connectivity index (χ0n) is 17.1. The van der Waals surface area contributed by atoms with Crippen LogP contribution in [-0.2, 0) is 19.1 Å². The monoisotopic (exact) mass is 454 g/mol. The Kier molecular flexibility index (Phi) is 12.4. The first-order chi connectivity index (χ1) is 13.2. The van der Waals surface area contributed by atoms with Crippen LogP contribution in [0.4, 0.5) is 0 Å². The first-order valence-corrected chi connectivity index (χ1v) is 10.4. The molecule has 0 radical (unpaired) electrons. The van der Waals surface area contributed by atoms with Crippen LogP contribution in [0.25, 0.3) is 0 Å². The number of morpholine rings is 1. The van der Waals surface area contributed by atoms with Crippen molar-refractivity contribution in [2.45, 2.75) is 31.8 Å². The summed E-state index contributed by atoms with van der Waals surface area (Å²) >= 11 is 0. The van der Waals surface area contributed by atoms with Gasteiger partial charge in [0.15, 0.2) is 0 Å². The van der Waals surface area contributed by atoms with Crippen molar-refractivity contribution in [1.82, 2.24) is 14.7 Å². The molecule has 0 aromatic heterocycles. The lowest BCUT2D eigenvalue weighted by molar-refractivity contribution is -0.138. The highest BCUT2D eigenvalue weighted by atomic mass is 35.5. The maximum atomic E-state index is 12.8. The fourth-order valence-corrected chi connectivity index (χ4v) is 4.07. The maximum Gasteiger partial charge on any atom is 0.227 e. The van der Waals surface area contributed by atoms with E-state index in [-0.39, 0.29) is 48.7 Å². The lowest BCUT2D eigenvalue weighted by Crippen LogP contribution is -2.45. The number of ether oxygens (including phenoxy) is 2. The van der Waals surface area contributed by atoms with Gasteiger partial charge in [0, 0.05) is 58.8 Å². The van der Waals surface area contributed by atoms with Crippen molar-refractivity contribution >= 4 is 36.6 Å². The molecule has 10 heteroatoms. The average Bonchev–Trinajstić information content (AvgIpc) is 3.08. The minimum absolute atomic E-state index is 0. The van der Waals surface area contributed by atoms with Crippen LogP contribution in [0, 0.1) is 5.92 Å². The Balaban J connectivity index is 0.00000210. The van der Waals surface area contributed by atoms with Gasteiger partial charge in [-0.2, -0.15) is 0 Å². The lowest BCUT2D eigenvalue weighted by atomic mass is 10.0. The Bertz CT molecular complexity index is 501. The second-order valence-electron chi connectivity index (χ2n) is 7.73. The Labute approximate surface area is 186 Å². The standard InChI is InChI=1S/C19H34N4O4.2ClH/c20-4-1-11-27-17-2-5-22(6-3-17)19(25)16-14-18(24)23(15-16)8-7-21-9-12-26-13-10-21;;/h16-17H,1-15,20H2;2*1H. The number of carbonyl (C=O) groups excluding carboxylic acids is 2. The van der Waals surface area contributed by atoms with Gasteiger partial charge in [0.05, 0.1) is 25.2 Å². The fraction of sp³-hybridized carbons (Fsp3) is 0.895. The molecule has 3 heterocycles. The first kappa shape index (κ1) is 26.4. The van der Waals surface area contributed by atoms with Gasteiger partial charge in [0.25, 0.3) is 0 Å². The number of hydrogen-bond acceptors (Lipinski definition) is 6. The van der Waals surface area contributed by atoms with E-state index in [9.17, 15) is 9.59 Å². The van der Waals surface area contributed by atoms with Gasteiger partial charge in [-0.05, 0) is 25.8 Å². The van der Waals surface area contributed by atoms with Gasteiger partial charge in [-0.15, -0.1) is 24.8 Å². The quantitative estimate of drug-likeness (QED) is 0.532. The van der Waals surface area contributed by atoms with Gasteiger partial charge in [0.2, 0.25) is 11.8 Å². The van der Waals surface area contributed by atoms with E-state index in [0.717, 1.165) is 65.2 Å². The molecule has 3 saturated heterocycles. The summed E-state index contributed by atoms with van der Waals surface area (Å²) in [4.78, 5) is 31.3. The van der Waals surface area contributed by atoms with Crippen molar-refractivity contribution in [3.8, 4) is 0 Å². The van der Waals surface area contributed by atoms with E-state index < -0.39 is 0 Å². The lowest BCUT2D eigenvalue weighted by Gasteiger charge is -2.33. The number of carbonyl (C=O) groups is 2. The van der Waals surface area contributed by atoms with Crippen LogP contribution in [0.1, 0.15) is 25.7 Å². The van der Waals surface area contributed by atoms with Crippen LogP contribution < -0.4 is 5.73 Å². The van der Waals surface area contributed by atoms with Gasteiger partial charge in [-0.3, -0.25) is 14.5 Å². The smallest absolute Gasteiger partial charge is 0.227 e. The summed E-state index contributed by atoms with van der Waals surface area (Å²) in [6.45, 7) is 8.31. The second-order valence-corrected chi connectivity index (χ2v) is 7.73. The van der Waals surface area contributed by atoms with E-state index in [1.165, 1.54) is 0 Å². The average molecular weight is 455 g/mol. The molecular weight excluding hydrogens is 419 g/mol. The van der Waals surface area contributed by atoms with E-state index in [4.69, 9.17) is 15.2 Å². The predicted molar refractivity (Wildman–Crippen MR) is 116 cm³/mol. The van der Waals surface area contributed by atoms with Gasteiger partial charge < -0.3 is 25.0 Å². The molecule has 29 heavy (non-hydrogen) atoms. The van der Waals surface area contributed by atoms with E-state index in [1.54, 1.807) is 0 Å². The highest BCUT2D eigenvalue weighted by Gasteiger charge is 2.37. The highest BCUT2D eigenvalue weighted by Crippen LogP contribution is 2.23. The number of rotatable bonds is 8. The Morgan fingerprint density at radius 1 is 1.10 bits per heavy atom. The molecule has 0 aromatic carbocycles. The highest BCUT2D eigenvalue weighted by molar-refractivity contribution is 5.89. The zero-order chi connectivity index (χ0) is 19.1. The third kappa shape index (κ3) is 7.84. The summed E-state index contributed by atoms with van der Waals surface area (Å²) in [7, 11) is 0. The molecule has 3 rings (SSSR count). The van der Waals surface area contributed by atoms with Gasteiger partial charge in [-0.25, -0.2) is 0 Å². The van der Waals surface area contributed by atoms with E-state index in [0.29, 0.717) is 32.7 Å². The number of nitrogens with two attached hydrogens (primary N) is 1. The molecule has 3 aliphatic rings. The SMILES string of the molecule is Cl.Cl.NCCCOC1CCN(C(=O)C2CC(=O)N(CCN3CCOCC3)C2)CC1. The van der Waals surface area contributed by atoms with Crippen LogP contribution in [0.15, 0.2) is 0 Å². The third-order valence-electron chi connectivity index (χ3n) is 5.81. The Hall–Kier alpha value is -0.640. The largest absolute Gasteiger partial charge is 0.379 e. The number of amides is 2. The van der Waals surface area contributed by atoms with E-state index in [2.05, 4.69) is 4.90 Å². The van der Waals surface area contributed by atoms with Crippen LogP contribution in [0.3, 0.4) is 0 Å². The van der Waals surface area contributed by atoms with Crippen molar-refractivity contribution in [2.75, 3.05) is 72.2 Å². The third-order valence-corrected chi connectivity index (χ3v) is 5.81. The molecule has 0 bridgehead atoms. The summed E-state index contributed by atoms with van der Waals surface area (Å²) in [5.74, 6) is 0.0659. The van der Waals surface area contributed by atoms with Crippen molar-refractivity contribution in [3.05, 3.63) is 0 Å². The van der Waals surface area contributed by atoms with Crippen molar-refractivity contribution in [1.29, 1.82) is 0 Å².